The van der Waals surface area contributed by atoms with Gasteiger partial charge in [0.15, 0.2) is 12.2 Å². The van der Waals surface area contributed by atoms with Crippen molar-refractivity contribution in [1.82, 2.24) is 0 Å². The van der Waals surface area contributed by atoms with Crippen LogP contribution in [0.25, 0.3) is 0 Å². The summed E-state index contributed by atoms with van der Waals surface area (Å²) in [5.74, 6) is -2.20. The Morgan fingerprint density at radius 2 is 0.531 bits per heavy atom. The van der Waals surface area contributed by atoms with Crippen LogP contribution in [0.2, 0.25) is 0 Å². The Kier molecular flexibility index (Phi) is 67.4. The molecule has 0 amide bonds. The molecule has 0 radical (unpaired) electrons. The molecular weight excluding hydrogens is 1260 g/mol. The van der Waals surface area contributed by atoms with Crippen molar-refractivity contribution in [2.24, 2.45) is 0 Å². The molecular formula is C77H138O17P2. The first-order chi connectivity index (χ1) is 46.7. The number of hydrogen-bond donors (Lipinski definition) is 3. The number of unbranched alkanes of at least 4 members (excludes halogenated alkanes) is 34. The zero-order valence-electron chi connectivity index (χ0n) is 60.8. The number of phosphoric acid groups is 2. The Bertz CT molecular complexity index is 2110. The number of aliphatic hydroxyl groups excluding tert-OH is 1. The molecule has 0 aliphatic heterocycles. The Balaban J connectivity index is 5.35. The lowest BCUT2D eigenvalue weighted by Gasteiger charge is -2.21. The molecule has 5 atom stereocenters. The molecule has 0 aromatic rings. The molecule has 0 heterocycles. The van der Waals surface area contributed by atoms with Crippen molar-refractivity contribution in [1.29, 1.82) is 0 Å². The number of hydrogen-bond acceptors (Lipinski definition) is 15. The largest absolute Gasteiger partial charge is 0.472 e. The van der Waals surface area contributed by atoms with E-state index in [9.17, 15) is 43.2 Å². The van der Waals surface area contributed by atoms with Gasteiger partial charge in [-0.2, -0.15) is 0 Å². The number of ether oxygens (including phenoxy) is 4. The van der Waals surface area contributed by atoms with E-state index in [2.05, 4.69) is 101 Å². The summed E-state index contributed by atoms with van der Waals surface area (Å²) in [5, 5.41) is 10.6. The van der Waals surface area contributed by atoms with Crippen LogP contribution in [0.15, 0.2) is 72.9 Å². The molecule has 0 aliphatic rings. The first-order valence-corrected chi connectivity index (χ1v) is 41.2. The number of phosphoric ester groups is 2. The number of carbonyl (C=O) groups is 4. The topological polar surface area (TPSA) is 237 Å². The van der Waals surface area contributed by atoms with Crippen LogP contribution < -0.4 is 0 Å². The number of allylic oxidation sites excluding steroid dienone is 12. The molecule has 0 spiro atoms. The lowest BCUT2D eigenvalue weighted by Crippen LogP contribution is -2.30. The minimum Gasteiger partial charge on any atom is -0.462 e. The van der Waals surface area contributed by atoms with Crippen molar-refractivity contribution in [2.75, 3.05) is 39.6 Å². The minimum absolute atomic E-state index is 0.0781. The molecule has 0 fully saturated rings. The van der Waals surface area contributed by atoms with Crippen LogP contribution in [-0.4, -0.2) is 96.7 Å². The number of rotatable bonds is 72. The average molecular weight is 1400 g/mol. The van der Waals surface area contributed by atoms with Gasteiger partial charge in [-0.3, -0.25) is 37.3 Å². The van der Waals surface area contributed by atoms with Crippen LogP contribution in [0.4, 0.5) is 0 Å². The molecule has 0 rings (SSSR count). The molecule has 17 nitrogen and oxygen atoms in total. The van der Waals surface area contributed by atoms with Crippen LogP contribution in [0, 0.1) is 0 Å². The molecule has 19 heteroatoms. The quantitative estimate of drug-likeness (QED) is 0.0169. The smallest absolute Gasteiger partial charge is 0.462 e. The van der Waals surface area contributed by atoms with Crippen LogP contribution >= 0.6 is 15.6 Å². The highest BCUT2D eigenvalue weighted by molar-refractivity contribution is 7.47. The summed E-state index contributed by atoms with van der Waals surface area (Å²) in [6.07, 6.45) is 68.8. The summed E-state index contributed by atoms with van der Waals surface area (Å²) in [6.45, 7) is 4.75. The lowest BCUT2D eigenvalue weighted by molar-refractivity contribution is -0.161. The molecule has 3 N–H and O–H groups in total. The highest BCUT2D eigenvalue weighted by atomic mass is 31.2. The Hall–Kier alpha value is -3.50. The first-order valence-electron chi connectivity index (χ1n) is 38.2. The second kappa shape index (κ2) is 70.0. The molecule has 0 bridgehead atoms. The van der Waals surface area contributed by atoms with E-state index in [1.807, 2.05) is 0 Å². The minimum atomic E-state index is -4.98. The van der Waals surface area contributed by atoms with Crippen LogP contribution in [0.3, 0.4) is 0 Å². The molecule has 0 aromatic carbocycles. The van der Waals surface area contributed by atoms with Crippen LogP contribution in [0.5, 0.6) is 0 Å². The number of carbonyl (C=O) groups excluding carboxylic acids is 4. The van der Waals surface area contributed by atoms with Gasteiger partial charge in [-0.05, 0) is 116 Å². The number of esters is 4. The van der Waals surface area contributed by atoms with Gasteiger partial charge in [-0.25, -0.2) is 9.13 Å². The zero-order valence-corrected chi connectivity index (χ0v) is 62.6. The van der Waals surface area contributed by atoms with E-state index in [1.165, 1.54) is 89.9 Å². The third-order valence-corrected chi connectivity index (χ3v) is 18.0. The molecule has 0 aliphatic carbocycles. The molecule has 0 aromatic heterocycles. The molecule has 558 valence electrons. The summed E-state index contributed by atoms with van der Waals surface area (Å²) in [5.41, 5.74) is 0. The normalized spacial score (nSPS) is 14.4. The van der Waals surface area contributed by atoms with E-state index in [1.54, 1.807) is 0 Å². The van der Waals surface area contributed by atoms with E-state index >= 15 is 0 Å². The van der Waals surface area contributed by atoms with Crippen molar-refractivity contribution in [3.63, 3.8) is 0 Å². The van der Waals surface area contributed by atoms with Gasteiger partial charge in [-0.15, -0.1) is 0 Å². The summed E-state index contributed by atoms with van der Waals surface area (Å²) < 4.78 is 68.4. The summed E-state index contributed by atoms with van der Waals surface area (Å²) >= 11 is 0. The lowest BCUT2D eigenvalue weighted by atomic mass is 10.0. The van der Waals surface area contributed by atoms with Gasteiger partial charge in [0.1, 0.15) is 19.3 Å². The Labute approximate surface area is 583 Å². The van der Waals surface area contributed by atoms with E-state index in [4.69, 9.17) is 37.0 Å². The second-order valence-corrected chi connectivity index (χ2v) is 28.5. The van der Waals surface area contributed by atoms with Crippen molar-refractivity contribution in [3.05, 3.63) is 72.9 Å². The van der Waals surface area contributed by atoms with Gasteiger partial charge in [0, 0.05) is 25.7 Å². The van der Waals surface area contributed by atoms with Crippen molar-refractivity contribution in [3.8, 4) is 0 Å². The van der Waals surface area contributed by atoms with Crippen LogP contribution in [0.1, 0.15) is 336 Å². The average Bonchev–Trinajstić information content (AvgIpc) is 1.17. The SMILES string of the molecule is CCC/C=C\C/C=C\CCCCCCCC(=O)OCC(COP(=O)(O)OCC(O)COP(=O)(O)OCC(COC(=O)CCCCCCC/C=C\C/C=C\CCCCC)OC(=O)CCCCCCC/C=C\C/C=C\CCCCC)OC(=O)CCCCCCCCCCCCCCC. The third kappa shape index (κ3) is 69.0. The maximum Gasteiger partial charge on any atom is 0.472 e. The molecule has 5 unspecified atom stereocenters. The van der Waals surface area contributed by atoms with Gasteiger partial charge in [0.2, 0.25) is 0 Å². The van der Waals surface area contributed by atoms with E-state index < -0.39 is 97.5 Å². The summed E-state index contributed by atoms with van der Waals surface area (Å²) in [7, 11) is -9.94. The fourth-order valence-corrected chi connectivity index (χ4v) is 11.8. The maximum atomic E-state index is 13.1. The van der Waals surface area contributed by atoms with Gasteiger partial charge in [0.25, 0.3) is 0 Å². The monoisotopic (exact) mass is 1400 g/mol. The fourth-order valence-electron chi connectivity index (χ4n) is 10.3. The van der Waals surface area contributed by atoms with Crippen molar-refractivity contribution in [2.45, 2.75) is 354 Å². The predicted molar refractivity (Wildman–Crippen MR) is 390 cm³/mol. The predicted octanol–water partition coefficient (Wildman–Crippen LogP) is 21.7. The van der Waals surface area contributed by atoms with E-state index in [-0.39, 0.29) is 25.7 Å². The van der Waals surface area contributed by atoms with E-state index in [0.717, 1.165) is 167 Å². The zero-order chi connectivity index (χ0) is 70.4. The fraction of sp³-hybridized carbons (Fsp3) is 0.792. The van der Waals surface area contributed by atoms with Crippen LogP contribution in [-0.2, 0) is 65.4 Å². The molecule has 0 saturated carbocycles. The Morgan fingerprint density at radius 1 is 0.292 bits per heavy atom. The first kappa shape index (κ1) is 92.5. The summed E-state index contributed by atoms with van der Waals surface area (Å²) in [6, 6.07) is 0. The second-order valence-electron chi connectivity index (χ2n) is 25.6. The van der Waals surface area contributed by atoms with Gasteiger partial charge in [-0.1, -0.05) is 268 Å². The summed E-state index contributed by atoms with van der Waals surface area (Å²) in [4.78, 5) is 72.8. The highest BCUT2D eigenvalue weighted by Gasteiger charge is 2.30. The van der Waals surface area contributed by atoms with Gasteiger partial charge < -0.3 is 33.8 Å². The Morgan fingerprint density at radius 3 is 0.833 bits per heavy atom. The molecule has 96 heavy (non-hydrogen) atoms. The van der Waals surface area contributed by atoms with E-state index in [0.29, 0.717) is 25.7 Å². The van der Waals surface area contributed by atoms with Gasteiger partial charge in [0.05, 0.1) is 26.4 Å². The maximum absolute atomic E-state index is 13.1. The van der Waals surface area contributed by atoms with Crippen molar-refractivity contribution >= 4 is 39.5 Å². The number of aliphatic hydroxyl groups is 1. The highest BCUT2D eigenvalue weighted by Crippen LogP contribution is 2.45. The van der Waals surface area contributed by atoms with Crippen molar-refractivity contribution < 1.29 is 80.2 Å². The van der Waals surface area contributed by atoms with Gasteiger partial charge >= 0.3 is 39.5 Å². The standard InChI is InChI=1S/C77H138O17P2/c1-5-9-13-17-21-25-29-33-35-39-42-46-50-54-58-62-75(80)88-68-73(94-77(82)64-60-56-52-48-44-40-36-34-30-26-22-18-14-10-6-2)70-92-96(85,86)90-66-71(78)65-89-95(83,84)91-69-72(93-76(81)63-59-55-51-47-43-38-32-28-24-20-16-12-8-4)67-87-74(79)61-57-53-49-45-41-37-31-27-23-19-15-11-7-3/h15,19,21-22,25-27,31,33-36,71-73,78H,5-14,16-18,20,23-24,28-30,32,37-70H2,1-4H3,(H,83,84)(H,85,86)/b19-15-,25-21-,26-22-,31-27-,35-33-,36-34-. The molecule has 0 saturated heterocycles. The third-order valence-electron chi connectivity index (χ3n) is 16.1.